The van der Waals surface area contributed by atoms with Crippen LogP contribution in [0.25, 0.3) is 55.4 Å². The first-order valence-corrected chi connectivity index (χ1v) is 12.3. The molecule has 0 atom stereocenters. The topological polar surface area (TPSA) is 23.0 Å². The third-order valence-corrected chi connectivity index (χ3v) is 6.69. The third-order valence-electron chi connectivity index (χ3n) is 6.69. The third kappa shape index (κ3) is 3.12. The van der Waals surface area contributed by atoms with Crippen molar-refractivity contribution in [2.75, 3.05) is 0 Å². The van der Waals surface area contributed by atoms with Gasteiger partial charge in [-0.05, 0) is 50.2 Å². The minimum absolute atomic E-state index is 0.886. The van der Waals surface area contributed by atoms with Gasteiger partial charge in [0.15, 0.2) is 0 Å². The lowest BCUT2D eigenvalue weighted by Gasteiger charge is -2.08. The summed E-state index contributed by atoms with van der Waals surface area (Å²) in [4.78, 5) is 0. The van der Waals surface area contributed by atoms with Crippen LogP contribution in [0.1, 0.15) is 25.0 Å². The van der Waals surface area contributed by atoms with Crippen LogP contribution in [0.4, 0.5) is 0 Å². The average molecular weight is 457 g/mol. The number of fused-ring (bicyclic) bond motifs is 7. The predicted octanol–water partition coefficient (Wildman–Crippen LogP) is 9.12. The Morgan fingerprint density at radius 1 is 0.486 bits per heavy atom. The lowest BCUT2D eigenvalue weighted by Crippen LogP contribution is -1.94. The molecule has 7 aromatic rings. The second-order valence-corrected chi connectivity index (χ2v) is 8.84. The summed E-state index contributed by atoms with van der Waals surface area (Å²) >= 11 is 0. The zero-order valence-corrected chi connectivity index (χ0v) is 20.5. The number of furan rings is 1. The minimum Gasteiger partial charge on any atom is -0.422 e. The highest BCUT2D eigenvalue weighted by Crippen LogP contribution is 2.44. The molecule has 35 heavy (non-hydrogen) atoms. The van der Waals surface area contributed by atoms with E-state index in [9.17, 15) is 0 Å². The molecule has 0 fully saturated rings. The molecule has 7 rings (SSSR count). The van der Waals surface area contributed by atoms with Crippen molar-refractivity contribution < 1.29 is 4.42 Å². The molecule has 3 aromatic heterocycles. The van der Waals surface area contributed by atoms with Gasteiger partial charge < -0.3 is 4.42 Å². The number of aromatic nitrogens is 2. The molecule has 0 saturated heterocycles. The van der Waals surface area contributed by atoms with Gasteiger partial charge in [-0.3, -0.25) is 9.13 Å². The largest absolute Gasteiger partial charge is 0.422 e. The molecule has 0 radical (unpaired) electrons. The first-order valence-electron chi connectivity index (χ1n) is 12.3. The van der Waals surface area contributed by atoms with Crippen LogP contribution in [0.5, 0.6) is 0 Å². The molecular formula is C32H28N2O. The van der Waals surface area contributed by atoms with Crippen molar-refractivity contribution in [3.05, 3.63) is 108 Å². The molecule has 0 aliphatic carbocycles. The maximum absolute atomic E-state index is 6.78. The molecule has 0 amide bonds. The Labute approximate surface area is 204 Å². The molecule has 0 aliphatic rings. The Balaban J connectivity index is 0.00000112. The van der Waals surface area contributed by atoms with Gasteiger partial charge in [-0.1, -0.05) is 85.6 Å². The molecule has 0 spiro atoms. The SMILES string of the molecule is CC.Cc1ccc(-n2c3ccccc3c3c4c5ccccc5n(-c5ccc(C)cc5)c4oc32)cc1. The summed E-state index contributed by atoms with van der Waals surface area (Å²) in [6, 6.07) is 34.5. The van der Waals surface area contributed by atoms with Crippen LogP contribution in [-0.4, -0.2) is 9.13 Å². The molecule has 3 heteroatoms. The molecule has 0 N–H and O–H groups in total. The zero-order valence-electron chi connectivity index (χ0n) is 20.5. The number of nitrogens with zero attached hydrogens (tertiary/aromatic N) is 2. The predicted molar refractivity (Wildman–Crippen MR) is 148 cm³/mol. The molecule has 0 bridgehead atoms. The van der Waals surface area contributed by atoms with Gasteiger partial charge in [0.1, 0.15) is 0 Å². The molecule has 0 aliphatic heterocycles. The van der Waals surface area contributed by atoms with Gasteiger partial charge in [-0.2, -0.15) is 0 Å². The van der Waals surface area contributed by atoms with Crippen molar-refractivity contribution >= 4 is 44.0 Å². The maximum Gasteiger partial charge on any atom is 0.215 e. The summed E-state index contributed by atoms with van der Waals surface area (Å²) < 4.78 is 11.3. The van der Waals surface area contributed by atoms with Gasteiger partial charge in [0, 0.05) is 22.1 Å². The fraction of sp³-hybridized carbons (Fsp3) is 0.125. The van der Waals surface area contributed by atoms with E-state index < -0.39 is 0 Å². The number of benzene rings is 4. The van der Waals surface area contributed by atoms with Crippen molar-refractivity contribution in [3.8, 4) is 11.4 Å². The Morgan fingerprint density at radius 3 is 1.26 bits per heavy atom. The second-order valence-electron chi connectivity index (χ2n) is 8.84. The van der Waals surface area contributed by atoms with Crippen LogP contribution in [-0.2, 0) is 0 Å². The van der Waals surface area contributed by atoms with E-state index >= 15 is 0 Å². The zero-order chi connectivity index (χ0) is 24.1. The quantitative estimate of drug-likeness (QED) is 0.254. The summed E-state index contributed by atoms with van der Waals surface area (Å²) in [7, 11) is 0. The van der Waals surface area contributed by atoms with Crippen molar-refractivity contribution in [3.63, 3.8) is 0 Å². The average Bonchev–Trinajstić information content (AvgIpc) is 3.52. The van der Waals surface area contributed by atoms with Crippen LogP contribution in [0, 0.1) is 13.8 Å². The van der Waals surface area contributed by atoms with E-state index in [1.807, 2.05) is 13.8 Å². The molecule has 3 heterocycles. The molecule has 3 nitrogen and oxygen atoms in total. The minimum atomic E-state index is 0.886. The van der Waals surface area contributed by atoms with Crippen LogP contribution < -0.4 is 0 Å². The van der Waals surface area contributed by atoms with Gasteiger partial charge in [-0.25, -0.2) is 0 Å². The van der Waals surface area contributed by atoms with Crippen LogP contribution in [0.3, 0.4) is 0 Å². The van der Waals surface area contributed by atoms with E-state index in [0.29, 0.717) is 0 Å². The summed E-state index contributed by atoms with van der Waals surface area (Å²) in [5, 5.41) is 4.75. The Kier molecular flexibility index (Phi) is 5.00. The Morgan fingerprint density at radius 2 is 0.857 bits per heavy atom. The Hall–Kier alpha value is -4.24. The fourth-order valence-corrected chi connectivity index (χ4v) is 5.10. The maximum atomic E-state index is 6.78. The smallest absolute Gasteiger partial charge is 0.215 e. The highest BCUT2D eigenvalue weighted by molar-refractivity contribution is 6.27. The number of aryl methyl sites for hydroxylation is 2. The summed E-state index contributed by atoms with van der Waals surface area (Å²) in [6.07, 6.45) is 0. The molecular weight excluding hydrogens is 428 g/mol. The van der Waals surface area contributed by atoms with Gasteiger partial charge in [-0.15, -0.1) is 0 Å². The van der Waals surface area contributed by atoms with E-state index in [2.05, 4.69) is 120 Å². The van der Waals surface area contributed by atoms with Crippen molar-refractivity contribution in [1.29, 1.82) is 0 Å². The van der Waals surface area contributed by atoms with Gasteiger partial charge in [0.2, 0.25) is 11.4 Å². The number of para-hydroxylation sites is 2. The van der Waals surface area contributed by atoms with Gasteiger partial charge >= 0.3 is 0 Å². The fourth-order valence-electron chi connectivity index (χ4n) is 5.10. The first kappa shape index (κ1) is 21.3. The number of hydrogen-bond acceptors (Lipinski definition) is 1. The molecule has 0 unspecified atom stereocenters. The van der Waals surface area contributed by atoms with Crippen molar-refractivity contribution in [2.45, 2.75) is 27.7 Å². The molecule has 4 aromatic carbocycles. The lowest BCUT2D eigenvalue weighted by atomic mass is 10.1. The molecule has 0 saturated carbocycles. The van der Waals surface area contributed by atoms with Gasteiger partial charge in [0.25, 0.3) is 0 Å². The first-order chi connectivity index (χ1) is 17.2. The highest BCUT2D eigenvalue weighted by Gasteiger charge is 2.24. The van der Waals surface area contributed by atoms with Crippen LogP contribution >= 0.6 is 0 Å². The van der Waals surface area contributed by atoms with Crippen molar-refractivity contribution in [2.24, 2.45) is 0 Å². The van der Waals surface area contributed by atoms with Crippen LogP contribution in [0.2, 0.25) is 0 Å². The van der Waals surface area contributed by atoms with E-state index in [1.54, 1.807) is 0 Å². The van der Waals surface area contributed by atoms with E-state index in [0.717, 1.165) is 33.8 Å². The lowest BCUT2D eigenvalue weighted by molar-refractivity contribution is 0.624. The molecule has 172 valence electrons. The van der Waals surface area contributed by atoms with Gasteiger partial charge in [0.05, 0.1) is 21.8 Å². The monoisotopic (exact) mass is 456 g/mol. The van der Waals surface area contributed by atoms with Crippen LogP contribution in [0.15, 0.2) is 101 Å². The van der Waals surface area contributed by atoms with Crippen molar-refractivity contribution in [1.82, 2.24) is 9.13 Å². The Bertz CT molecular complexity index is 1680. The highest BCUT2D eigenvalue weighted by atomic mass is 16.4. The second kappa shape index (κ2) is 8.21. The standard InChI is InChI=1S/C30H22N2O.C2H6/c1-19-11-15-21(16-12-19)31-25-9-5-3-7-23(25)27-28-24-8-4-6-10-26(24)32(30(28)33-29(27)31)22-17-13-20(2)14-18-22;1-2/h3-18H,1-2H3;1-2H3. The van der Waals surface area contributed by atoms with E-state index in [4.69, 9.17) is 4.42 Å². The summed E-state index contributed by atoms with van der Waals surface area (Å²) in [5.41, 5.74) is 8.78. The summed E-state index contributed by atoms with van der Waals surface area (Å²) in [5.74, 6) is 0. The normalized spacial score (nSPS) is 11.4. The summed E-state index contributed by atoms with van der Waals surface area (Å²) in [6.45, 7) is 8.23. The van der Waals surface area contributed by atoms with E-state index in [1.165, 1.54) is 32.7 Å². The van der Waals surface area contributed by atoms with E-state index in [-0.39, 0.29) is 0 Å². The number of hydrogen-bond donors (Lipinski definition) is 0. The number of rotatable bonds is 2.